The van der Waals surface area contributed by atoms with Crippen LogP contribution in [0.2, 0.25) is 0 Å². The fraction of sp³-hybridized carbons (Fsp3) is 0.211. The van der Waals surface area contributed by atoms with Crippen LogP contribution in [-0.4, -0.2) is 24.0 Å². The van der Waals surface area contributed by atoms with Crippen molar-refractivity contribution in [1.29, 1.82) is 0 Å². The summed E-state index contributed by atoms with van der Waals surface area (Å²) in [5, 5.41) is 4.58. The van der Waals surface area contributed by atoms with Crippen molar-refractivity contribution in [1.82, 2.24) is 9.88 Å². The van der Waals surface area contributed by atoms with Crippen molar-refractivity contribution in [2.45, 2.75) is 13.1 Å². The molecule has 7 heteroatoms. The molecular formula is C19H25Cl3N4. The van der Waals surface area contributed by atoms with Crippen LogP contribution >= 0.6 is 37.2 Å². The van der Waals surface area contributed by atoms with Crippen molar-refractivity contribution in [3.8, 4) is 0 Å². The first-order valence-electron chi connectivity index (χ1n) is 7.73. The minimum atomic E-state index is 0. The molecule has 3 rings (SSSR count). The van der Waals surface area contributed by atoms with Crippen molar-refractivity contribution in [2.24, 2.45) is 0 Å². The fourth-order valence-electron chi connectivity index (χ4n) is 2.64. The Balaban J connectivity index is 0.00000208. The molecular weight excluding hydrogens is 391 g/mol. The lowest BCUT2D eigenvalue weighted by Crippen LogP contribution is -2.10. The van der Waals surface area contributed by atoms with Gasteiger partial charge >= 0.3 is 0 Å². The highest BCUT2D eigenvalue weighted by atomic mass is 35.5. The molecule has 3 aromatic rings. The number of anilines is 2. The highest BCUT2D eigenvalue weighted by Gasteiger charge is 2.01. The largest absolute Gasteiger partial charge is 0.384 e. The molecule has 0 atom stereocenters. The number of nitrogens with zero attached hydrogens (tertiary/aromatic N) is 2. The number of rotatable bonds is 5. The number of nitrogens with one attached hydrogen (secondary N) is 1. The molecule has 3 N–H and O–H groups in total. The SMILES string of the molecule is CN(C)Cc1cccc(NCc2ccc3ccc(N)nc3c2)c1.Cl.Cl.Cl. The molecule has 0 bridgehead atoms. The van der Waals surface area contributed by atoms with Crippen LogP contribution in [0.25, 0.3) is 10.9 Å². The van der Waals surface area contributed by atoms with Crippen LogP contribution in [0, 0.1) is 0 Å². The normalized spacial score (nSPS) is 9.81. The smallest absolute Gasteiger partial charge is 0.124 e. The van der Waals surface area contributed by atoms with Gasteiger partial charge in [0.05, 0.1) is 5.52 Å². The summed E-state index contributed by atoms with van der Waals surface area (Å²) in [5.74, 6) is 0.555. The molecule has 0 aliphatic rings. The van der Waals surface area contributed by atoms with Crippen LogP contribution in [0.5, 0.6) is 0 Å². The molecule has 0 aliphatic heterocycles. The van der Waals surface area contributed by atoms with E-state index in [0.717, 1.165) is 29.7 Å². The van der Waals surface area contributed by atoms with Gasteiger partial charge in [0, 0.05) is 24.2 Å². The van der Waals surface area contributed by atoms with E-state index in [-0.39, 0.29) is 37.2 Å². The second kappa shape index (κ2) is 11.1. The summed E-state index contributed by atoms with van der Waals surface area (Å²) in [6.45, 7) is 1.70. The maximum atomic E-state index is 5.76. The molecule has 0 amide bonds. The zero-order valence-electron chi connectivity index (χ0n) is 14.8. The van der Waals surface area contributed by atoms with E-state index >= 15 is 0 Å². The molecule has 0 aliphatic carbocycles. The van der Waals surface area contributed by atoms with Gasteiger partial charge in [0.2, 0.25) is 0 Å². The van der Waals surface area contributed by atoms with Gasteiger partial charge in [-0.05, 0) is 55.6 Å². The van der Waals surface area contributed by atoms with Crippen molar-refractivity contribution < 1.29 is 0 Å². The van der Waals surface area contributed by atoms with E-state index < -0.39 is 0 Å². The minimum Gasteiger partial charge on any atom is -0.384 e. The second-order valence-electron chi connectivity index (χ2n) is 6.05. The summed E-state index contributed by atoms with van der Waals surface area (Å²) < 4.78 is 0. The van der Waals surface area contributed by atoms with Gasteiger partial charge in [0.1, 0.15) is 5.82 Å². The molecule has 4 nitrogen and oxygen atoms in total. The van der Waals surface area contributed by atoms with Gasteiger partial charge in [-0.25, -0.2) is 4.98 Å². The maximum Gasteiger partial charge on any atom is 0.124 e. The fourth-order valence-corrected chi connectivity index (χ4v) is 2.64. The van der Waals surface area contributed by atoms with Crippen LogP contribution in [0.4, 0.5) is 11.5 Å². The summed E-state index contributed by atoms with van der Waals surface area (Å²) in [4.78, 5) is 6.55. The van der Waals surface area contributed by atoms with Gasteiger partial charge in [-0.15, -0.1) is 37.2 Å². The first-order chi connectivity index (χ1) is 11.1. The van der Waals surface area contributed by atoms with Crippen molar-refractivity contribution in [3.63, 3.8) is 0 Å². The van der Waals surface area contributed by atoms with Crippen molar-refractivity contribution in [2.75, 3.05) is 25.1 Å². The third-order valence-corrected chi connectivity index (χ3v) is 3.70. The van der Waals surface area contributed by atoms with Gasteiger partial charge < -0.3 is 16.0 Å². The first-order valence-corrected chi connectivity index (χ1v) is 7.73. The number of pyridine rings is 1. The Morgan fingerprint density at radius 3 is 2.38 bits per heavy atom. The zero-order chi connectivity index (χ0) is 16.2. The molecule has 0 unspecified atom stereocenters. The Morgan fingerprint density at radius 1 is 0.923 bits per heavy atom. The van der Waals surface area contributed by atoms with E-state index in [4.69, 9.17) is 5.73 Å². The topological polar surface area (TPSA) is 54.2 Å². The number of benzene rings is 2. The molecule has 0 spiro atoms. The summed E-state index contributed by atoms with van der Waals surface area (Å²) >= 11 is 0. The van der Waals surface area contributed by atoms with Gasteiger partial charge in [0.15, 0.2) is 0 Å². The average Bonchev–Trinajstić information content (AvgIpc) is 2.52. The summed E-state index contributed by atoms with van der Waals surface area (Å²) in [7, 11) is 4.15. The Morgan fingerprint density at radius 2 is 1.65 bits per heavy atom. The van der Waals surface area contributed by atoms with Gasteiger partial charge in [0.25, 0.3) is 0 Å². The number of nitrogen functional groups attached to an aromatic ring is 1. The molecule has 0 radical (unpaired) electrons. The Bertz CT molecular complexity index is 825. The van der Waals surface area contributed by atoms with Gasteiger partial charge in [-0.3, -0.25) is 0 Å². The lowest BCUT2D eigenvalue weighted by Gasteiger charge is -2.12. The number of fused-ring (bicyclic) bond motifs is 1. The number of hydrogen-bond acceptors (Lipinski definition) is 4. The number of halogens is 3. The standard InChI is InChI=1S/C19H22N4.3ClH/c1-23(2)13-15-4-3-5-17(10-15)21-12-14-6-7-16-8-9-19(20)22-18(16)11-14;;;/h3-11,21H,12-13H2,1-2H3,(H2,20,22);3*1H. The third-order valence-electron chi connectivity index (χ3n) is 3.70. The second-order valence-corrected chi connectivity index (χ2v) is 6.05. The van der Waals surface area contributed by atoms with E-state index in [0.29, 0.717) is 5.82 Å². The molecule has 0 fully saturated rings. The Labute approximate surface area is 173 Å². The zero-order valence-corrected chi connectivity index (χ0v) is 17.3. The predicted molar refractivity (Wildman–Crippen MR) is 119 cm³/mol. The molecule has 142 valence electrons. The average molecular weight is 416 g/mol. The Hall–Kier alpha value is -1.72. The Kier molecular flexibility index (Phi) is 10.4. The minimum absolute atomic E-state index is 0. The van der Waals surface area contributed by atoms with E-state index in [1.54, 1.807) is 0 Å². The molecule has 1 aromatic heterocycles. The van der Waals surface area contributed by atoms with Crippen molar-refractivity contribution in [3.05, 3.63) is 65.7 Å². The molecule has 0 saturated heterocycles. The van der Waals surface area contributed by atoms with Crippen LogP contribution in [0.15, 0.2) is 54.6 Å². The molecule has 0 saturated carbocycles. The first kappa shape index (κ1) is 24.3. The highest BCUT2D eigenvalue weighted by molar-refractivity contribution is 5.86. The van der Waals surface area contributed by atoms with Crippen LogP contribution in [0.1, 0.15) is 11.1 Å². The van der Waals surface area contributed by atoms with E-state index in [9.17, 15) is 0 Å². The number of nitrogens with two attached hydrogens (primary N) is 1. The summed E-state index contributed by atoms with van der Waals surface area (Å²) in [5.41, 5.74) is 10.3. The molecule has 2 aromatic carbocycles. The predicted octanol–water partition coefficient (Wildman–Crippen LogP) is 4.76. The quantitative estimate of drug-likeness (QED) is 0.631. The summed E-state index contributed by atoms with van der Waals surface area (Å²) in [6.07, 6.45) is 0. The van der Waals surface area contributed by atoms with Crippen molar-refractivity contribution >= 4 is 59.6 Å². The van der Waals surface area contributed by atoms with Gasteiger partial charge in [-0.2, -0.15) is 0 Å². The van der Waals surface area contributed by atoms with Crippen LogP contribution in [-0.2, 0) is 13.1 Å². The summed E-state index contributed by atoms with van der Waals surface area (Å²) in [6, 6.07) is 18.6. The third kappa shape index (κ3) is 6.54. The maximum absolute atomic E-state index is 5.76. The van der Waals surface area contributed by atoms with E-state index in [1.807, 2.05) is 12.1 Å². The lowest BCUT2D eigenvalue weighted by molar-refractivity contribution is 0.402. The monoisotopic (exact) mass is 414 g/mol. The number of aromatic nitrogens is 1. The highest BCUT2D eigenvalue weighted by Crippen LogP contribution is 2.17. The number of hydrogen-bond donors (Lipinski definition) is 2. The lowest BCUT2D eigenvalue weighted by atomic mass is 10.1. The van der Waals surface area contributed by atoms with E-state index in [1.165, 1.54) is 11.1 Å². The van der Waals surface area contributed by atoms with E-state index in [2.05, 4.69) is 71.8 Å². The molecule has 26 heavy (non-hydrogen) atoms. The van der Waals surface area contributed by atoms with Crippen LogP contribution < -0.4 is 11.1 Å². The molecule has 1 heterocycles. The van der Waals surface area contributed by atoms with Gasteiger partial charge in [-0.1, -0.05) is 24.3 Å². The van der Waals surface area contributed by atoms with Crippen LogP contribution in [0.3, 0.4) is 0 Å².